The molecule has 0 spiro atoms. The van der Waals surface area contributed by atoms with Crippen molar-refractivity contribution in [2.24, 2.45) is 0 Å². The predicted molar refractivity (Wildman–Crippen MR) is 119 cm³/mol. The van der Waals surface area contributed by atoms with Gasteiger partial charge in [-0.1, -0.05) is 12.8 Å². The van der Waals surface area contributed by atoms with E-state index in [2.05, 4.69) is 10.0 Å². The zero-order valence-electron chi connectivity index (χ0n) is 17.5. The molecule has 0 bridgehead atoms. The van der Waals surface area contributed by atoms with Crippen molar-refractivity contribution in [1.29, 1.82) is 0 Å². The monoisotopic (exact) mass is 457 g/mol. The summed E-state index contributed by atoms with van der Waals surface area (Å²) in [4.78, 5) is 12.7. The Morgan fingerprint density at radius 1 is 1.09 bits per heavy atom. The number of anilines is 1. The molecule has 9 heteroatoms. The minimum Gasteiger partial charge on any atom is -0.495 e. The second-order valence-electron chi connectivity index (χ2n) is 7.68. The molecule has 1 aliphatic carbocycles. The molecule has 0 radical (unpaired) electrons. The van der Waals surface area contributed by atoms with Gasteiger partial charge in [0.15, 0.2) is 0 Å². The molecule has 32 heavy (non-hydrogen) atoms. The first-order valence-corrected chi connectivity index (χ1v) is 11.8. The van der Waals surface area contributed by atoms with Crippen molar-refractivity contribution in [3.63, 3.8) is 0 Å². The van der Waals surface area contributed by atoms with Crippen LogP contribution in [0.3, 0.4) is 0 Å². The Balaban J connectivity index is 1.61. The van der Waals surface area contributed by atoms with Gasteiger partial charge in [-0.25, -0.2) is 17.5 Å². The van der Waals surface area contributed by atoms with E-state index in [0.717, 1.165) is 25.7 Å². The highest BCUT2D eigenvalue weighted by Crippen LogP contribution is 2.28. The molecule has 2 aromatic carbocycles. The SMILES string of the molecule is COc1ccc(C(=O)Nc2cc(-n3cccc3)ccc2F)cc1S(=O)(=O)NC1CCCC1. The third kappa shape index (κ3) is 4.68. The summed E-state index contributed by atoms with van der Waals surface area (Å²) in [6.07, 6.45) is 7.10. The first-order chi connectivity index (χ1) is 15.4. The van der Waals surface area contributed by atoms with Gasteiger partial charge >= 0.3 is 0 Å². The van der Waals surface area contributed by atoms with Crippen molar-refractivity contribution >= 4 is 21.6 Å². The van der Waals surface area contributed by atoms with E-state index >= 15 is 0 Å². The van der Waals surface area contributed by atoms with Crippen LogP contribution in [-0.2, 0) is 10.0 Å². The van der Waals surface area contributed by atoms with Crippen LogP contribution in [0.5, 0.6) is 5.75 Å². The lowest BCUT2D eigenvalue weighted by Crippen LogP contribution is -2.33. The number of nitrogens with one attached hydrogen (secondary N) is 2. The van der Waals surface area contributed by atoms with E-state index in [1.54, 1.807) is 23.0 Å². The number of amides is 1. The lowest BCUT2D eigenvalue weighted by Gasteiger charge is -2.16. The number of hydrogen-bond acceptors (Lipinski definition) is 4. The maximum Gasteiger partial charge on any atom is 0.255 e. The van der Waals surface area contributed by atoms with Crippen LogP contribution in [-0.4, -0.2) is 32.0 Å². The van der Waals surface area contributed by atoms with Crippen molar-refractivity contribution in [3.05, 3.63) is 72.3 Å². The van der Waals surface area contributed by atoms with Crippen LogP contribution in [0.1, 0.15) is 36.0 Å². The van der Waals surface area contributed by atoms with Gasteiger partial charge in [0.2, 0.25) is 10.0 Å². The van der Waals surface area contributed by atoms with Crippen LogP contribution >= 0.6 is 0 Å². The number of hydrogen-bond donors (Lipinski definition) is 2. The number of halogens is 1. The normalized spacial score (nSPS) is 14.4. The summed E-state index contributed by atoms with van der Waals surface area (Å²) >= 11 is 0. The lowest BCUT2D eigenvalue weighted by molar-refractivity contribution is 0.102. The minimum absolute atomic E-state index is 0.00879. The average molecular weight is 458 g/mol. The molecular weight excluding hydrogens is 433 g/mol. The number of rotatable bonds is 7. The second kappa shape index (κ2) is 9.13. The Hall–Kier alpha value is -3.17. The molecule has 1 saturated carbocycles. The van der Waals surface area contributed by atoms with Crippen molar-refractivity contribution in [2.75, 3.05) is 12.4 Å². The van der Waals surface area contributed by atoms with Gasteiger partial charge in [-0.15, -0.1) is 0 Å². The molecule has 1 amide bonds. The molecular formula is C23H24FN3O4S. The molecule has 1 aromatic heterocycles. The minimum atomic E-state index is -3.89. The van der Waals surface area contributed by atoms with Crippen molar-refractivity contribution in [1.82, 2.24) is 9.29 Å². The summed E-state index contributed by atoms with van der Waals surface area (Å²) in [5, 5.41) is 2.53. The second-order valence-corrected chi connectivity index (χ2v) is 9.36. The number of nitrogens with zero attached hydrogens (tertiary/aromatic N) is 1. The Kier molecular flexibility index (Phi) is 6.29. The maximum atomic E-state index is 14.4. The molecule has 0 unspecified atom stereocenters. The fourth-order valence-electron chi connectivity index (χ4n) is 3.83. The number of sulfonamides is 1. The molecule has 1 fully saturated rings. The van der Waals surface area contributed by atoms with Crippen LogP contribution in [0, 0.1) is 5.82 Å². The van der Waals surface area contributed by atoms with E-state index < -0.39 is 21.7 Å². The van der Waals surface area contributed by atoms with E-state index in [0.29, 0.717) is 5.69 Å². The van der Waals surface area contributed by atoms with Crippen LogP contribution in [0.25, 0.3) is 5.69 Å². The van der Waals surface area contributed by atoms with Gasteiger partial charge in [-0.05, 0) is 61.4 Å². The summed E-state index contributed by atoms with van der Waals surface area (Å²) in [7, 11) is -2.53. The first kappa shape index (κ1) is 22.0. The summed E-state index contributed by atoms with van der Waals surface area (Å²) in [6, 6.07) is 12.0. The molecule has 4 rings (SSSR count). The van der Waals surface area contributed by atoms with Crippen molar-refractivity contribution in [3.8, 4) is 11.4 Å². The molecule has 3 aromatic rings. The summed E-state index contributed by atoms with van der Waals surface area (Å²) in [5.41, 5.74) is 0.735. The molecule has 1 heterocycles. The van der Waals surface area contributed by atoms with Crippen LogP contribution < -0.4 is 14.8 Å². The Morgan fingerprint density at radius 3 is 2.50 bits per heavy atom. The van der Waals surface area contributed by atoms with Gasteiger partial charge in [0.25, 0.3) is 5.91 Å². The van der Waals surface area contributed by atoms with E-state index in [-0.39, 0.29) is 27.9 Å². The number of aromatic nitrogens is 1. The van der Waals surface area contributed by atoms with Crippen LogP contribution in [0.4, 0.5) is 10.1 Å². The molecule has 2 N–H and O–H groups in total. The van der Waals surface area contributed by atoms with E-state index in [9.17, 15) is 17.6 Å². The van der Waals surface area contributed by atoms with Gasteiger partial charge in [-0.2, -0.15) is 0 Å². The maximum absolute atomic E-state index is 14.4. The predicted octanol–water partition coefficient (Wildman–Crippen LogP) is 4.10. The van der Waals surface area contributed by atoms with Gasteiger partial charge in [-0.3, -0.25) is 4.79 Å². The summed E-state index contributed by atoms with van der Waals surface area (Å²) in [5.74, 6) is -1.10. The highest BCUT2D eigenvalue weighted by atomic mass is 32.2. The average Bonchev–Trinajstić information content (AvgIpc) is 3.49. The topological polar surface area (TPSA) is 89.4 Å². The van der Waals surface area contributed by atoms with Gasteiger partial charge in [0.1, 0.15) is 16.5 Å². The van der Waals surface area contributed by atoms with Crippen LogP contribution in [0.15, 0.2) is 65.8 Å². The van der Waals surface area contributed by atoms with E-state index in [1.165, 1.54) is 37.4 Å². The Bertz CT molecular complexity index is 1220. The zero-order valence-corrected chi connectivity index (χ0v) is 18.4. The Labute approximate surface area is 186 Å². The molecule has 0 saturated heterocycles. The fourth-order valence-corrected chi connectivity index (χ4v) is 5.33. The zero-order chi connectivity index (χ0) is 22.7. The smallest absolute Gasteiger partial charge is 0.255 e. The van der Waals surface area contributed by atoms with Crippen LogP contribution in [0.2, 0.25) is 0 Å². The molecule has 0 atom stereocenters. The summed E-state index contributed by atoms with van der Waals surface area (Å²) in [6.45, 7) is 0. The highest BCUT2D eigenvalue weighted by Gasteiger charge is 2.26. The third-order valence-corrected chi connectivity index (χ3v) is 7.03. The number of benzene rings is 2. The molecule has 7 nitrogen and oxygen atoms in total. The van der Waals surface area contributed by atoms with Gasteiger partial charge < -0.3 is 14.6 Å². The third-order valence-electron chi connectivity index (χ3n) is 5.49. The lowest BCUT2D eigenvalue weighted by atomic mass is 10.2. The molecule has 0 aliphatic heterocycles. The largest absolute Gasteiger partial charge is 0.495 e. The molecule has 168 valence electrons. The standard InChI is InChI=1S/C23H24FN3O4S/c1-31-21-11-8-16(14-22(21)32(29,30)26-17-6-2-3-7-17)23(28)25-20-15-18(9-10-19(20)24)27-12-4-5-13-27/h4-5,8-15,17,26H,2-3,6-7H2,1H3,(H,25,28). The number of carbonyl (C=O) groups excluding carboxylic acids is 1. The summed E-state index contributed by atoms with van der Waals surface area (Å²) < 4.78 is 49.9. The molecule has 1 aliphatic rings. The number of ether oxygens (including phenoxy) is 1. The fraction of sp³-hybridized carbons (Fsp3) is 0.261. The van der Waals surface area contributed by atoms with Gasteiger partial charge in [0, 0.05) is 29.7 Å². The highest BCUT2D eigenvalue weighted by molar-refractivity contribution is 7.89. The Morgan fingerprint density at radius 2 is 1.81 bits per heavy atom. The van der Waals surface area contributed by atoms with E-state index in [4.69, 9.17) is 4.74 Å². The van der Waals surface area contributed by atoms with Crippen molar-refractivity contribution in [2.45, 2.75) is 36.6 Å². The van der Waals surface area contributed by atoms with Gasteiger partial charge in [0.05, 0.1) is 12.8 Å². The first-order valence-electron chi connectivity index (χ1n) is 10.3. The van der Waals surface area contributed by atoms with E-state index in [1.807, 2.05) is 12.1 Å². The quantitative estimate of drug-likeness (QED) is 0.559. The van der Waals surface area contributed by atoms with Crippen molar-refractivity contribution < 1.29 is 22.3 Å². The number of carbonyl (C=O) groups is 1. The number of methoxy groups -OCH3 is 1.